The van der Waals surface area contributed by atoms with Gasteiger partial charge in [-0.1, -0.05) is 263 Å². The maximum absolute atomic E-state index is 2.56. The lowest BCUT2D eigenvalue weighted by Crippen LogP contribution is -2.38. The topological polar surface area (TPSA) is 0 Å². The van der Waals surface area contributed by atoms with Crippen LogP contribution in [-0.4, -0.2) is 24.2 Å². The Morgan fingerprint density at radius 1 is 0.200 bits per heavy atom. The van der Waals surface area contributed by atoms with E-state index in [-0.39, 0.29) is 0 Å². The molecule has 0 amide bonds. The molecule has 0 saturated heterocycles. The molecule has 0 atom stereocenters. The molecule has 0 saturated carbocycles. The molecule has 0 bridgehead atoms. The van der Waals surface area contributed by atoms with Gasteiger partial charge in [-0.3, -0.25) is 0 Å². The Bertz CT molecular complexity index is 3910. The molecule has 0 N–H and O–H groups in total. The van der Waals surface area contributed by atoms with Crippen molar-refractivity contribution in [3.05, 3.63) is 200 Å². The molecule has 0 spiro atoms. The molecule has 12 aromatic rings. The van der Waals surface area contributed by atoms with Crippen molar-refractivity contribution in [2.75, 3.05) is 0 Å². The zero-order chi connectivity index (χ0) is 48.3. The fourth-order valence-corrected chi connectivity index (χ4v) is 16.8. The highest BCUT2D eigenvalue weighted by atomic mass is 28.3. The Morgan fingerprint density at radius 2 is 0.486 bits per heavy atom. The second kappa shape index (κ2) is 16.3. The zero-order valence-electron chi connectivity index (χ0n) is 42.1. The van der Waals surface area contributed by atoms with Crippen molar-refractivity contribution in [2.45, 2.75) is 58.9 Å². The Hall–Kier alpha value is -6.89. The van der Waals surface area contributed by atoms with E-state index in [1.807, 2.05) is 0 Å². The molecule has 0 aliphatic heterocycles. The third-order valence-corrected chi connectivity index (χ3v) is 21.4. The summed E-state index contributed by atoms with van der Waals surface area (Å²) in [6.07, 6.45) is 0. The van der Waals surface area contributed by atoms with Gasteiger partial charge in [0.25, 0.3) is 0 Å². The smallest absolute Gasteiger partial charge is 0.0656 e. The van der Waals surface area contributed by atoms with Crippen LogP contribution in [0.4, 0.5) is 0 Å². The first kappa shape index (κ1) is 44.3. The number of hydrogen-bond acceptors (Lipinski definition) is 0. The summed E-state index contributed by atoms with van der Waals surface area (Å²) < 4.78 is 0. The molecule has 12 rings (SSSR count). The molecule has 0 aliphatic rings. The van der Waals surface area contributed by atoms with Crippen molar-refractivity contribution < 1.29 is 0 Å². The number of rotatable bonds is 8. The second-order valence-electron chi connectivity index (χ2n) is 22.8. The fourth-order valence-electron chi connectivity index (χ4n) is 11.9. The van der Waals surface area contributed by atoms with Gasteiger partial charge in [-0.25, -0.2) is 0 Å². The van der Waals surface area contributed by atoms with Crippen molar-refractivity contribution >= 4 is 104 Å². The Labute approximate surface area is 416 Å². The molecule has 0 radical (unpaired) electrons. The van der Waals surface area contributed by atoms with Gasteiger partial charge in [0.1, 0.15) is 0 Å². The van der Waals surface area contributed by atoms with Crippen LogP contribution in [0.3, 0.4) is 0 Å². The summed E-state index contributed by atoms with van der Waals surface area (Å²) in [5, 5.41) is 20.5. The number of hydrogen-bond donors (Lipinski definition) is 0. The van der Waals surface area contributed by atoms with Crippen LogP contribution in [-0.2, 0) is 0 Å². The minimum Gasteiger partial charge on any atom is -0.0656 e. The fraction of sp³-hybridized carbons (Fsp3) is 0.134. The van der Waals surface area contributed by atoms with Gasteiger partial charge in [0.15, 0.2) is 0 Å². The van der Waals surface area contributed by atoms with Gasteiger partial charge in [0.2, 0.25) is 0 Å². The monoisotopic (exact) mass is 948 g/mol. The maximum Gasteiger partial charge on any atom is 0.0784 e. The summed E-state index contributed by atoms with van der Waals surface area (Å²) in [6.45, 7) is 22.3. The first-order valence-corrected chi connectivity index (χ1v) is 35.7. The number of fused-ring (bicyclic) bond motifs is 3. The molecular weight excluding hydrogens is 889 g/mol. The van der Waals surface area contributed by atoms with Gasteiger partial charge >= 0.3 is 0 Å². The molecule has 12 aromatic carbocycles. The molecule has 0 aromatic heterocycles. The highest BCUT2D eigenvalue weighted by Crippen LogP contribution is 2.50. The lowest BCUT2D eigenvalue weighted by molar-refractivity contribution is 1.60. The summed E-state index contributed by atoms with van der Waals surface area (Å²) in [4.78, 5) is 0. The summed E-state index contributed by atoms with van der Waals surface area (Å²) in [6, 6.07) is 77.3. The lowest BCUT2D eigenvalue weighted by Gasteiger charge is -2.25. The second-order valence-corrected chi connectivity index (χ2v) is 37.9. The Morgan fingerprint density at radius 3 is 0.843 bits per heavy atom. The SMILES string of the molecule is C[Si](C)(C)c1ccc(-c2cc(-c3ccc(-c4ccccc4)cc3)c3ccc4c(-c5ccc([Si](C)(C)C)c6ccccc56)cc(-c5ccc([Si](C)(C)C)c6ccccc56)c5ccc2c3c45)c2ccccc12. The lowest BCUT2D eigenvalue weighted by atomic mass is 9.80. The van der Waals surface area contributed by atoms with E-state index in [2.05, 4.69) is 259 Å². The van der Waals surface area contributed by atoms with E-state index in [4.69, 9.17) is 0 Å². The minimum atomic E-state index is -1.67. The predicted molar refractivity (Wildman–Crippen MR) is 319 cm³/mol. The molecular formula is C67H60Si3. The van der Waals surface area contributed by atoms with Gasteiger partial charge in [0, 0.05) is 0 Å². The van der Waals surface area contributed by atoms with Crippen LogP contribution in [0.1, 0.15) is 0 Å². The minimum absolute atomic E-state index is 1.23. The van der Waals surface area contributed by atoms with Crippen LogP contribution in [0, 0.1) is 0 Å². The molecule has 0 fully saturated rings. The van der Waals surface area contributed by atoms with Crippen molar-refractivity contribution in [3.8, 4) is 55.6 Å². The number of benzene rings is 12. The third kappa shape index (κ3) is 7.20. The molecule has 0 unspecified atom stereocenters. The van der Waals surface area contributed by atoms with E-state index in [9.17, 15) is 0 Å². The van der Waals surface area contributed by atoms with E-state index < -0.39 is 24.2 Å². The van der Waals surface area contributed by atoms with Crippen molar-refractivity contribution in [2.24, 2.45) is 0 Å². The standard InChI is InChI=1S/C67H60Si3/c1-68(2,3)63-38-35-49(46-21-13-16-24-52(46)63)60-41-59(45-29-27-44(28-30-45)43-19-11-10-12-20-43)55-31-32-57-61(50-36-39-64(69(4,5)6)53-25-17-14-22-47(50)53)42-62(58-34-33-56(60)66(55)67(57)58)51-37-40-65(70(7,8)9)54-26-18-15-23-48(51)54/h10-42H,1-9H3. The van der Waals surface area contributed by atoms with Crippen molar-refractivity contribution in [3.63, 3.8) is 0 Å². The molecule has 3 heteroatoms. The predicted octanol–water partition coefficient (Wildman–Crippen LogP) is 18.0. The summed E-state index contributed by atoms with van der Waals surface area (Å²) in [5.74, 6) is 0. The van der Waals surface area contributed by atoms with Gasteiger partial charge < -0.3 is 0 Å². The molecule has 0 heterocycles. The first-order chi connectivity index (χ1) is 33.6. The highest BCUT2D eigenvalue weighted by Gasteiger charge is 2.27. The largest absolute Gasteiger partial charge is 0.0784 e. The Balaban J connectivity index is 1.25. The van der Waals surface area contributed by atoms with Crippen LogP contribution in [0.5, 0.6) is 0 Å². The van der Waals surface area contributed by atoms with E-state index in [1.165, 1.54) is 136 Å². The van der Waals surface area contributed by atoms with Crippen LogP contribution >= 0.6 is 0 Å². The van der Waals surface area contributed by atoms with Crippen LogP contribution in [0.2, 0.25) is 58.9 Å². The summed E-state index contributed by atoms with van der Waals surface area (Å²) in [5.41, 5.74) is 12.7. The summed E-state index contributed by atoms with van der Waals surface area (Å²) in [7, 11) is -5.01. The van der Waals surface area contributed by atoms with E-state index in [0.29, 0.717) is 0 Å². The Kier molecular flexibility index (Phi) is 10.4. The van der Waals surface area contributed by atoms with E-state index >= 15 is 0 Å². The third-order valence-electron chi connectivity index (χ3n) is 15.3. The summed E-state index contributed by atoms with van der Waals surface area (Å²) >= 11 is 0. The van der Waals surface area contributed by atoms with Crippen LogP contribution in [0.15, 0.2) is 200 Å². The zero-order valence-corrected chi connectivity index (χ0v) is 45.1. The van der Waals surface area contributed by atoms with Crippen LogP contribution in [0.25, 0.3) is 120 Å². The normalized spacial score (nSPS) is 12.6. The highest BCUT2D eigenvalue weighted by molar-refractivity contribution is 6.91. The average Bonchev–Trinajstić information content (AvgIpc) is 3.36. The van der Waals surface area contributed by atoms with Crippen molar-refractivity contribution in [1.82, 2.24) is 0 Å². The quantitative estimate of drug-likeness (QED) is 0.105. The van der Waals surface area contributed by atoms with Gasteiger partial charge in [0.05, 0.1) is 24.2 Å². The molecule has 70 heavy (non-hydrogen) atoms. The van der Waals surface area contributed by atoms with E-state index in [1.54, 1.807) is 0 Å². The van der Waals surface area contributed by atoms with Crippen molar-refractivity contribution in [1.29, 1.82) is 0 Å². The maximum atomic E-state index is 2.56. The molecule has 0 nitrogen and oxygen atoms in total. The van der Waals surface area contributed by atoms with Crippen LogP contribution < -0.4 is 15.6 Å². The first-order valence-electron chi connectivity index (χ1n) is 25.2. The van der Waals surface area contributed by atoms with Gasteiger partial charge in [-0.2, -0.15) is 0 Å². The molecule has 0 aliphatic carbocycles. The van der Waals surface area contributed by atoms with E-state index in [0.717, 1.165) is 0 Å². The molecule has 340 valence electrons. The van der Waals surface area contributed by atoms with Gasteiger partial charge in [-0.15, -0.1) is 0 Å². The average molecular weight is 949 g/mol. The van der Waals surface area contributed by atoms with Gasteiger partial charge in [-0.05, 0) is 132 Å².